The highest BCUT2D eigenvalue weighted by Gasteiger charge is 2.26. The maximum atomic E-state index is 12.1. The Kier molecular flexibility index (Phi) is 12.4. The van der Waals surface area contributed by atoms with E-state index in [1.807, 2.05) is 6.08 Å². The van der Waals surface area contributed by atoms with Crippen LogP contribution in [-0.4, -0.2) is 23.1 Å². The van der Waals surface area contributed by atoms with Crippen molar-refractivity contribution in [1.82, 2.24) is 0 Å². The molecule has 1 aliphatic carbocycles. The normalized spacial score (nSPS) is 20.8. The van der Waals surface area contributed by atoms with E-state index in [2.05, 4.69) is 36.0 Å². The zero-order valence-corrected chi connectivity index (χ0v) is 16.9. The van der Waals surface area contributed by atoms with Crippen molar-refractivity contribution in [2.45, 2.75) is 84.3 Å². The van der Waals surface area contributed by atoms with Crippen LogP contribution in [0.1, 0.15) is 78.1 Å². The maximum Gasteiger partial charge on any atom is 0.304 e. The van der Waals surface area contributed by atoms with Crippen LogP contribution in [-0.2, 0) is 14.3 Å². The molecule has 0 aliphatic heterocycles. The third-order valence-electron chi connectivity index (χ3n) is 4.83. The van der Waals surface area contributed by atoms with Gasteiger partial charge in [0.15, 0.2) is 5.78 Å². The van der Waals surface area contributed by atoms with Crippen LogP contribution in [0.5, 0.6) is 0 Å². The average Bonchev–Trinajstić information content (AvgIpc) is 2.96. The third-order valence-corrected chi connectivity index (χ3v) is 4.83. The Hall–Kier alpha value is -1.68. The molecule has 1 rings (SSSR count). The summed E-state index contributed by atoms with van der Waals surface area (Å²) >= 11 is 0. The van der Waals surface area contributed by atoms with E-state index in [0.29, 0.717) is 6.42 Å². The first kappa shape index (κ1) is 23.4. The zero-order valence-electron chi connectivity index (χ0n) is 16.9. The first-order valence-electron chi connectivity index (χ1n) is 10.4. The lowest BCUT2D eigenvalue weighted by Gasteiger charge is -2.12. The Bertz CT molecular complexity index is 518. The molecule has 0 saturated carbocycles. The number of rotatable bonds is 14. The molecule has 4 nitrogen and oxygen atoms in total. The van der Waals surface area contributed by atoms with Crippen molar-refractivity contribution in [3.05, 3.63) is 36.5 Å². The maximum absolute atomic E-state index is 12.1. The molecule has 0 radical (unpaired) electrons. The minimum Gasteiger partial charge on any atom is -0.436 e. The summed E-state index contributed by atoms with van der Waals surface area (Å²) in [6, 6.07) is 0. The molecule has 27 heavy (non-hydrogen) atoms. The first-order chi connectivity index (χ1) is 13.0. The van der Waals surface area contributed by atoms with Crippen LogP contribution in [0.4, 0.5) is 0 Å². The second-order valence-corrected chi connectivity index (χ2v) is 7.28. The van der Waals surface area contributed by atoms with E-state index in [1.54, 1.807) is 6.08 Å². The molecule has 1 aliphatic rings. The molecule has 0 bridgehead atoms. The summed E-state index contributed by atoms with van der Waals surface area (Å²) in [5, 5.41) is 9.44. The standard InChI is InChI=1S/C23H36O4/c1-3-4-5-6-8-11-14-20-17-18-22(25)21(20)15-12-9-7-10-13-16-23(26)27-19(2)24/h9,11-12,14,17-18,20-21,23,26H,3-8,10,13,15-16H2,1-2H3/t20-,21+,23?/m0/s1. The van der Waals surface area contributed by atoms with Gasteiger partial charge in [-0.15, -0.1) is 0 Å². The van der Waals surface area contributed by atoms with Crippen molar-refractivity contribution in [2.24, 2.45) is 11.8 Å². The molecule has 0 aromatic heterocycles. The quantitative estimate of drug-likeness (QED) is 0.194. The molecule has 3 atom stereocenters. The lowest BCUT2D eigenvalue weighted by molar-refractivity contribution is -0.166. The Morgan fingerprint density at radius 2 is 1.89 bits per heavy atom. The fourth-order valence-corrected chi connectivity index (χ4v) is 3.26. The second kappa shape index (κ2) is 14.4. The molecule has 1 N–H and O–H groups in total. The number of carbonyl (C=O) groups is 2. The number of esters is 1. The number of ketones is 1. The molecular formula is C23H36O4. The van der Waals surface area contributed by atoms with Crippen LogP contribution >= 0.6 is 0 Å². The number of unbranched alkanes of at least 4 members (excludes halogenated alkanes) is 6. The number of aliphatic hydroxyl groups is 1. The summed E-state index contributed by atoms with van der Waals surface area (Å²) in [6.07, 6.45) is 21.4. The zero-order chi connectivity index (χ0) is 19.9. The largest absolute Gasteiger partial charge is 0.436 e. The number of aliphatic hydroxyl groups excluding tert-OH is 1. The van der Waals surface area contributed by atoms with E-state index in [0.717, 1.165) is 32.1 Å². The van der Waals surface area contributed by atoms with Gasteiger partial charge < -0.3 is 9.84 Å². The van der Waals surface area contributed by atoms with Gasteiger partial charge in [0, 0.05) is 25.2 Å². The summed E-state index contributed by atoms with van der Waals surface area (Å²) in [4.78, 5) is 22.8. The van der Waals surface area contributed by atoms with Crippen LogP contribution in [0.25, 0.3) is 0 Å². The topological polar surface area (TPSA) is 63.6 Å². The van der Waals surface area contributed by atoms with Gasteiger partial charge in [0.2, 0.25) is 6.29 Å². The predicted molar refractivity (Wildman–Crippen MR) is 109 cm³/mol. The number of carbonyl (C=O) groups excluding carboxylic acids is 2. The highest BCUT2D eigenvalue weighted by atomic mass is 16.6. The molecule has 0 fully saturated rings. The van der Waals surface area contributed by atoms with Crippen molar-refractivity contribution in [3.63, 3.8) is 0 Å². The van der Waals surface area contributed by atoms with E-state index >= 15 is 0 Å². The van der Waals surface area contributed by atoms with Gasteiger partial charge in [-0.2, -0.15) is 0 Å². The molecule has 0 amide bonds. The van der Waals surface area contributed by atoms with Crippen molar-refractivity contribution in [2.75, 3.05) is 0 Å². The fraction of sp³-hybridized carbons (Fsp3) is 0.652. The van der Waals surface area contributed by atoms with E-state index in [-0.39, 0.29) is 17.6 Å². The van der Waals surface area contributed by atoms with Gasteiger partial charge in [0.1, 0.15) is 0 Å². The smallest absolute Gasteiger partial charge is 0.304 e. The summed E-state index contributed by atoms with van der Waals surface area (Å²) in [6.45, 7) is 3.51. The second-order valence-electron chi connectivity index (χ2n) is 7.28. The number of allylic oxidation sites excluding steroid dienone is 6. The Morgan fingerprint density at radius 3 is 2.63 bits per heavy atom. The molecule has 0 aromatic rings. The highest BCUT2D eigenvalue weighted by Crippen LogP contribution is 2.27. The van der Waals surface area contributed by atoms with E-state index in [1.165, 1.54) is 32.6 Å². The monoisotopic (exact) mass is 376 g/mol. The number of hydrogen-bond donors (Lipinski definition) is 1. The van der Waals surface area contributed by atoms with Crippen LogP contribution in [0.3, 0.4) is 0 Å². The molecule has 0 spiro atoms. The number of ether oxygens (including phenoxy) is 1. The third kappa shape index (κ3) is 10.9. The fourth-order valence-electron chi connectivity index (χ4n) is 3.26. The average molecular weight is 377 g/mol. The Balaban J connectivity index is 2.21. The lowest BCUT2D eigenvalue weighted by Crippen LogP contribution is -2.14. The van der Waals surface area contributed by atoms with Gasteiger partial charge in [-0.25, -0.2) is 0 Å². The van der Waals surface area contributed by atoms with Crippen molar-refractivity contribution in [3.8, 4) is 0 Å². The summed E-state index contributed by atoms with van der Waals surface area (Å²) in [7, 11) is 0. The van der Waals surface area contributed by atoms with Gasteiger partial charge in [-0.3, -0.25) is 9.59 Å². The molecular weight excluding hydrogens is 340 g/mol. The van der Waals surface area contributed by atoms with Crippen molar-refractivity contribution < 1.29 is 19.4 Å². The van der Waals surface area contributed by atoms with Crippen LogP contribution in [0, 0.1) is 11.8 Å². The van der Waals surface area contributed by atoms with Crippen LogP contribution in [0.15, 0.2) is 36.5 Å². The molecule has 4 heteroatoms. The van der Waals surface area contributed by atoms with Gasteiger partial charge in [0.05, 0.1) is 0 Å². The highest BCUT2D eigenvalue weighted by molar-refractivity contribution is 5.95. The summed E-state index contributed by atoms with van der Waals surface area (Å²) in [5.74, 6) is 0.0396. The predicted octanol–water partition coefficient (Wildman–Crippen LogP) is 5.27. The van der Waals surface area contributed by atoms with Gasteiger partial charge in [-0.05, 0) is 44.6 Å². The van der Waals surface area contributed by atoms with Gasteiger partial charge >= 0.3 is 5.97 Å². The minimum atomic E-state index is -0.997. The first-order valence-corrected chi connectivity index (χ1v) is 10.4. The molecule has 0 saturated heterocycles. The van der Waals surface area contributed by atoms with Crippen LogP contribution in [0.2, 0.25) is 0 Å². The SMILES string of the molecule is CCCCCCC=C[C@H]1C=CC(=O)[C@@H]1CC=CCCCCC(O)OC(C)=O. The van der Waals surface area contributed by atoms with E-state index < -0.39 is 12.3 Å². The van der Waals surface area contributed by atoms with E-state index in [4.69, 9.17) is 0 Å². The van der Waals surface area contributed by atoms with Crippen molar-refractivity contribution >= 4 is 11.8 Å². The molecule has 152 valence electrons. The lowest BCUT2D eigenvalue weighted by atomic mass is 9.90. The summed E-state index contributed by atoms with van der Waals surface area (Å²) in [5.41, 5.74) is 0. The molecule has 1 unspecified atom stereocenters. The minimum absolute atomic E-state index is 0.0407. The Labute approximate surface area is 164 Å². The Morgan fingerprint density at radius 1 is 1.15 bits per heavy atom. The van der Waals surface area contributed by atoms with E-state index in [9.17, 15) is 14.7 Å². The molecule has 0 aromatic carbocycles. The number of hydrogen-bond acceptors (Lipinski definition) is 4. The van der Waals surface area contributed by atoms with Crippen molar-refractivity contribution in [1.29, 1.82) is 0 Å². The molecule has 0 heterocycles. The summed E-state index contributed by atoms with van der Waals surface area (Å²) < 4.78 is 4.68. The van der Waals surface area contributed by atoms with Crippen LogP contribution < -0.4 is 0 Å². The van der Waals surface area contributed by atoms with Gasteiger partial charge in [0.25, 0.3) is 0 Å². The van der Waals surface area contributed by atoms with Gasteiger partial charge in [-0.1, -0.05) is 56.6 Å².